The van der Waals surface area contributed by atoms with Gasteiger partial charge in [-0.15, -0.1) is 11.3 Å². The van der Waals surface area contributed by atoms with Crippen molar-refractivity contribution in [1.29, 1.82) is 0 Å². The zero-order chi connectivity index (χ0) is 23.7. The maximum atomic E-state index is 11.3. The lowest BCUT2D eigenvalue weighted by atomic mass is 9.49. The molecule has 3 aliphatic rings. The van der Waals surface area contributed by atoms with Crippen LogP contribution in [0.25, 0.3) is 11.3 Å². The lowest BCUT2D eigenvalue weighted by molar-refractivity contribution is -0.384. The summed E-state index contributed by atoms with van der Waals surface area (Å²) in [4.78, 5) is 16.6. The Morgan fingerprint density at radius 1 is 1.21 bits per heavy atom. The van der Waals surface area contributed by atoms with Crippen LogP contribution in [0, 0.1) is 27.4 Å². The van der Waals surface area contributed by atoms with Crippen molar-refractivity contribution in [2.45, 2.75) is 33.1 Å². The highest BCUT2D eigenvalue weighted by Crippen LogP contribution is 2.58. The first-order valence-electron chi connectivity index (χ1n) is 11.7. The number of non-ortho nitro benzene ring substituents is 1. The molecule has 0 radical (unpaired) electrons. The van der Waals surface area contributed by atoms with Gasteiger partial charge >= 0.3 is 0 Å². The number of benzene rings is 2. The van der Waals surface area contributed by atoms with Crippen molar-refractivity contribution in [2.75, 3.05) is 6.54 Å². The number of nitro groups is 1. The van der Waals surface area contributed by atoms with Gasteiger partial charge < -0.3 is 0 Å². The molecule has 34 heavy (non-hydrogen) atoms. The fourth-order valence-corrected chi connectivity index (χ4v) is 5.96. The summed E-state index contributed by atoms with van der Waals surface area (Å²) in [6.45, 7) is 5.35. The van der Waals surface area contributed by atoms with Gasteiger partial charge in [0, 0.05) is 29.6 Å². The van der Waals surface area contributed by atoms with Gasteiger partial charge in [-0.1, -0.05) is 62.4 Å². The Balaban J connectivity index is 1.50. The predicted octanol–water partition coefficient (Wildman–Crippen LogP) is 6.09. The molecular weight excluding hydrogens is 444 g/mol. The number of thiazole rings is 1. The first kappa shape index (κ1) is 22.5. The fraction of sp³-hybridized carbons (Fsp3) is 0.333. The number of fused-ring (bicyclic) bond motifs is 1. The quantitative estimate of drug-likeness (QED) is 0.237. The van der Waals surface area contributed by atoms with Crippen LogP contribution >= 0.6 is 11.3 Å². The Morgan fingerprint density at radius 2 is 2.03 bits per heavy atom. The molecule has 7 heteroatoms. The second kappa shape index (κ2) is 9.14. The molecule has 6 nitrogen and oxygen atoms in total. The molecule has 0 saturated heterocycles. The summed E-state index contributed by atoms with van der Waals surface area (Å²) in [6, 6.07) is 17.0. The zero-order valence-corrected chi connectivity index (χ0v) is 20.2. The molecule has 0 N–H and O–H groups in total. The van der Waals surface area contributed by atoms with Crippen LogP contribution in [0.1, 0.15) is 32.3 Å². The van der Waals surface area contributed by atoms with Gasteiger partial charge in [-0.3, -0.25) is 15.1 Å². The first-order valence-corrected chi connectivity index (χ1v) is 12.6. The maximum Gasteiger partial charge on any atom is 0.270 e. The van der Waals surface area contributed by atoms with Crippen LogP contribution in [0.15, 0.2) is 81.7 Å². The van der Waals surface area contributed by atoms with E-state index in [2.05, 4.69) is 32.1 Å². The molecule has 1 fully saturated rings. The van der Waals surface area contributed by atoms with Gasteiger partial charge in [-0.05, 0) is 47.6 Å². The van der Waals surface area contributed by atoms with Crippen LogP contribution in [0.4, 0.5) is 5.69 Å². The van der Waals surface area contributed by atoms with E-state index >= 15 is 0 Å². The minimum Gasteiger partial charge on any atom is -0.258 e. The molecule has 2 unspecified atom stereocenters. The average molecular weight is 473 g/mol. The first-order chi connectivity index (χ1) is 16.4. The standard InChI is InChI=1S/C27H28N4O2S/c1-27(2)22-12-11-21(24(27)16-22)17-29-30-25(20-9-6-10-23(15-20)31(32)33)18-34-26(30)28-14-13-19-7-4-3-5-8-19/h3-11,15,17-18,22,24H,12-14,16H2,1-2H3. The van der Waals surface area contributed by atoms with Gasteiger partial charge in [0.2, 0.25) is 4.80 Å². The van der Waals surface area contributed by atoms with Crippen LogP contribution in [0.3, 0.4) is 0 Å². The third-order valence-corrected chi connectivity index (χ3v) is 8.22. The van der Waals surface area contributed by atoms with E-state index in [1.165, 1.54) is 35.0 Å². The number of allylic oxidation sites excluding steroid dienone is 2. The average Bonchev–Trinajstić information content (AvgIpc) is 3.26. The van der Waals surface area contributed by atoms with Crippen LogP contribution < -0.4 is 4.80 Å². The van der Waals surface area contributed by atoms with Gasteiger partial charge in [0.1, 0.15) is 0 Å². The predicted molar refractivity (Wildman–Crippen MR) is 137 cm³/mol. The van der Waals surface area contributed by atoms with E-state index < -0.39 is 0 Å². The van der Waals surface area contributed by atoms with Crippen molar-refractivity contribution in [1.82, 2.24) is 4.68 Å². The molecule has 0 aliphatic heterocycles. The minimum atomic E-state index is -0.365. The molecule has 1 heterocycles. The number of rotatable bonds is 7. The summed E-state index contributed by atoms with van der Waals surface area (Å²) in [5.74, 6) is 1.31. The fourth-order valence-electron chi connectivity index (χ4n) is 5.09. The second-order valence-corrected chi connectivity index (χ2v) is 10.5. The highest BCUT2D eigenvalue weighted by Gasteiger charge is 2.50. The maximum absolute atomic E-state index is 11.3. The van der Waals surface area contributed by atoms with E-state index in [9.17, 15) is 10.1 Å². The Morgan fingerprint density at radius 3 is 2.76 bits per heavy atom. The summed E-state index contributed by atoms with van der Waals surface area (Å²) in [6.07, 6.45) is 7.47. The monoisotopic (exact) mass is 472 g/mol. The Labute approximate surface area is 203 Å². The van der Waals surface area contributed by atoms with E-state index in [-0.39, 0.29) is 10.6 Å². The molecule has 2 atom stereocenters. The lowest BCUT2D eigenvalue weighted by Gasteiger charge is -2.55. The Hall–Kier alpha value is -3.32. The third kappa shape index (κ3) is 4.28. The Bertz CT molecular complexity index is 1330. The molecule has 3 aliphatic carbocycles. The summed E-state index contributed by atoms with van der Waals surface area (Å²) in [5, 5.41) is 18.2. The van der Waals surface area contributed by atoms with Crippen LogP contribution in [-0.2, 0) is 6.42 Å². The van der Waals surface area contributed by atoms with Gasteiger partial charge in [0.15, 0.2) is 0 Å². The number of nitro benzene ring substituents is 1. The SMILES string of the molecule is CC1(C)C2CC=C(C=Nn3c(-c4cccc([N+](=O)[O-])c4)csc3=NCCc3ccccc3)C1C2. The van der Waals surface area contributed by atoms with E-state index in [4.69, 9.17) is 10.1 Å². The summed E-state index contributed by atoms with van der Waals surface area (Å²) in [5.41, 5.74) is 4.48. The highest BCUT2D eigenvalue weighted by molar-refractivity contribution is 7.07. The van der Waals surface area contributed by atoms with Crippen LogP contribution in [0.5, 0.6) is 0 Å². The van der Waals surface area contributed by atoms with Gasteiger partial charge in [0.25, 0.3) is 5.69 Å². The molecule has 0 spiro atoms. The molecule has 6 rings (SSSR count). The normalized spacial score (nSPS) is 21.4. The molecule has 3 aromatic rings. The lowest BCUT2D eigenvalue weighted by Crippen LogP contribution is -2.48. The van der Waals surface area contributed by atoms with Crippen molar-refractivity contribution < 1.29 is 4.92 Å². The highest BCUT2D eigenvalue weighted by atomic mass is 32.1. The summed E-state index contributed by atoms with van der Waals surface area (Å²) < 4.78 is 1.84. The van der Waals surface area contributed by atoms with Crippen molar-refractivity contribution >= 4 is 23.2 Å². The second-order valence-electron chi connectivity index (χ2n) is 9.63. The zero-order valence-electron chi connectivity index (χ0n) is 19.4. The van der Waals surface area contributed by atoms with Gasteiger partial charge in [-0.2, -0.15) is 5.10 Å². The van der Waals surface area contributed by atoms with E-state index in [0.717, 1.165) is 34.8 Å². The third-order valence-electron chi connectivity index (χ3n) is 7.36. The molecule has 174 valence electrons. The smallest absolute Gasteiger partial charge is 0.258 e. The summed E-state index contributed by atoms with van der Waals surface area (Å²) in [7, 11) is 0. The molecule has 1 aromatic heterocycles. The van der Waals surface area contributed by atoms with Crippen molar-refractivity contribution in [3.8, 4) is 11.3 Å². The minimum absolute atomic E-state index is 0.0686. The number of hydrogen-bond acceptors (Lipinski definition) is 5. The van der Waals surface area contributed by atoms with Gasteiger partial charge in [-0.25, -0.2) is 4.68 Å². The van der Waals surface area contributed by atoms with Crippen molar-refractivity contribution in [3.05, 3.63) is 92.1 Å². The van der Waals surface area contributed by atoms with Crippen LogP contribution in [0.2, 0.25) is 0 Å². The summed E-state index contributed by atoms with van der Waals surface area (Å²) >= 11 is 1.51. The molecular formula is C27H28N4O2S. The van der Waals surface area contributed by atoms with Gasteiger partial charge in [0.05, 0.1) is 16.8 Å². The number of hydrogen-bond donors (Lipinski definition) is 0. The molecule has 2 bridgehead atoms. The van der Waals surface area contributed by atoms with Crippen molar-refractivity contribution in [2.24, 2.45) is 27.3 Å². The number of nitrogens with zero attached hydrogens (tertiary/aromatic N) is 4. The molecule has 0 amide bonds. The topological polar surface area (TPSA) is 72.8 Å². The number of aromatic nitrogens is 1. The van der Waals surface area contributed by atoms with E-state index in [0.29, 0.717) is 17.9 Å². The molecule has 1 saturated carbocycles. The van der Waals surface area contributed by atoms with E-state index in [1.807, 2.05) is 40.5 Å². The van der Waals surface area contributed by atoms with Crippen molar-refractivity contribution in [3.63, 3.8) is 0 Å². The molecule has 2 aromatic carbocycles. The van der Waals surface area contributed by atoms with Crippen LogP contribution in [-0.4, -0.2) is 22.4 Å². The Kier molecular flexibility index (Phi) is 6.04. The largest absolute Gasteiger partial charge is 0.270 e. The van der Waals surface area contributed by atoms with E-state index in [1.54, 1.807) is 12.1 Å².